The number of aromatic nitrogens is 2. The summed E-state index contributed by atoms with van der Waals surface area (Å²) in [6, 6.07) is 18.6. The summed E-state index contributed by atoms with van der Waals surface area (Å²) in [5.41, 5.74) is 3.71. The van der Waals surface area contributed by atoms with E-state index in [0.717, 1.165) is 22.4 Å². The monoisotopic (exact) mass is 513 g/mol. The molecule has 1 N–H and O–H groups in total. The van der Waals surface area contributed by atoms with Gasteiger partial charge < -0.3 is 9.88 Å². The zero-order valence-corrected chi connectivity index (χ0v) is 22.1. The molecule has 6 nitrogen and oxygen atoms in total. The van der Waals surface area contributed by atoms with Gasteiger partial charge in [0.05, 0.1) is 11.4 Å². The van der Waals surface area contributed by atoms with Gasteiger partial charge in [0.15, 0.2) is 0 Å². The number of fused-ring (bicyclic) bond motifs is 1. The van der Waals surface area contributed by atoms with Crippen molar-refractivity contribution in [2.24, 2.45) is 5.92 Å². The van der Waals surface area contributed by atoms with Crippen LogP contribution >= 0.6 is 0 Å². The van der Waals surface area contributed by atoms with E-state index in [4.69, 9.17) is 0 Å². The number of ketones is 1. The smallest absolute Gasteiger partial charge is 0.257 e. The van der Waals surface area contributed by atoms with Gasteiger partial charge in [-0.15, -0.1) is 0 Å². The van der Waals surface area contributed by atoms with Crippen LogP contribution in [0.25, 0.3) is 27.8 Å². The predicted molar refractivity (Wildman–Crippen MR) is 148 cm³/mol. The largest absolute Gasteiger partial charge is 0.346 e. The van der Waals surface area contributed by atoms with E-state index in [-0.39, 0.29) is 23.7 Å². The van der Waals surface area contributed by atoms with Crippen molar-refractivity contribution < 1.29 is 14.0 Å². The molecule has 7 heteroatoms. The molecule has 1 saturated carbocycles. The van der Waals surface area contributed by atoms with Crippen molar-refractivity contribution >= 4 is 22.7 Å². The SMILES string of the molecule is CC.CC(=O)C(C)Cc1ccc(-c2cccc(-n3cc(C(=O)NC4CC4F)c(=O)c4cccnc43)c2)cc1. The lowest BCUT2D eigenvalue weighted by molar-refractivity contribution is -0.120. The van der Waals surface area contributed by atoms with Crippen molar-refractivity contribution in [3.05, 3.63) is 94.4 Å². The topological polar surface area (TPSA) is 81.1 Å². The van der Waals surface area contributed by atoms with Crippen LogP contribution in [-0.4, -0.2) is 33.5 Å². The van der Waals surface area contributed by atoms with E-state index < -0.39 is 23.5 Å². The van der Waals surface area contributed by atoms with Gasteiger partial charge in [0.1, 0.15) is 23.2 Å². The average Bonchev–Trinajstić information content (AvgIpc) is 3.64. The van der Waals surface area contributed by atoms with Gasteiger partial charge in [0.2, 0.25) is 5.43 Å². The average molecular weight is 514 g/mol. The zero-order chi connectivity index (χ0) is 27.4. The minimum absolute atomic E-state index is 0.0255. The second-order valence-corrected chi connectivity index (χ2v) is 9.41. The molecule has 38 heavy (non-hydrogen) atoms. The number of carbonyl (C=O) groups excluding carboxylic acids is 2. The molecule has 0 bridgehead atoms. The Morgan fingerprint density at radius 1 is 1.08 bits per heavy atom. The first-order valence-electron chi connectivity index (χ1n) is 13.0. The Labute approximate surface area is 221 Å². The van der Waals surface area contributed by atoms with Crippen LogP contribution in [0.3, 0.4) is 0 Å². The second-order valence-electron chi connectivity index (χ2n) is 9.41. The van der Waals surface area contributed by atoms with Crippen LogP contribution in [0.5, 0.6) is 0 Å². The highest BCUT2D eigenvalue weighted by Gasteiger charge is 2.39. The zero-order valence-electron chi connectivity index (χ0n) is 22.1. The lowest BCUT2D eigenvalue weighted by atomic mass is 9.96. The third-order valence-electron chi connectivity index (χ3n) is 6.68. The first-order chi connectivity index (χ1) is 18.3. The van der Waals surface area contributed by atoms with E-state index in [9.17, 15) is 18.8 Å². The molecule has 2 heterocycles. The van der Waals surface area contributed by atoms with E-state index in [1.54, 1.807) is 29.8 Å². The molecular weight excluding hydrogens is 481 g/mol. The molecule has 3 atom stereocenters. The van der Waals surface area contributed by atoms with Gasteiger partial charge in [-0.2, -0.15) is 0 Å². The van der Waals surface area contributed by atoms with Gasteiger partial charge in [0, 0.05) is 30.4 Å². The Morgan fingerprint density at radius 3 is 2.45 bits per heavy atom. The Balaban J connectivity index is 0.00000164. The van der Waals surface area contributed by atoms with Crippen molar-refractivity contribution in [1.29, 1.82) is 0 Å². The van der Waals surface area contributed by atoms with Crippen LogP contribution in [0.2, 0.25) is 0 Å². The maximum atomic E-state index is 13.4. The van der Waals surface area contributed by atoms with Crippen molar-refractivity contribution in [3.63, 3.8) is 0 Å². The van der Waals surface area contributed by atoms with Crippen LogP contribution in [0.15, 0.2) is 77.9 Å². The number of nitrogens with zero attached hydrogens (tertiary/aromatic N) is 2. The second kappa shape index (κ2) is 11.5. The lowest BCUT2D eigenvalue weighted by Gasteiger charge is -2.14. The summed E-state index contributed by atoms with van der Waals surface area (Å²) in [7, 11) is 0. The third kappa shape index (κ3) is 5.72. The van der Waals surface area contributed by atoms with Gasteiger partial charge in [-0.1, -0.05) is 57.2 Å². The summed E-state index contributed by atoms with van der Waals surface area (Å²) in [6.07, 6.45) is 2.98. The first kappa shape index (κ1) is 26.9. The number of halogens is 1. The van der Waals surface area contributed by atoms with Gasteiger partial charge in [0.25, 0.3) is 5.91 Å². The summed E-state index contributed by atoms with van der Waals surface area (Å²) in [4.78, 5) is 41.8. The third-order valence-corrected chi connectivity index (χ3v) is 6.68. The van der Waals surface area contributed by atoms with Crippen LogP contribution < -0.4 is 10.7 Å². The van der Waals surface area contributed by atoms with E-state index in [2.05, 4.69) is 10.3 Å². The molecule has 1 amide bonds. The summed E-state index contributed by atoms with van der Waals surface area (Å²) in [6.45, 7) is 7.54. The van der Waals surface area contributed by atoms with Gasteiger partial charge in [-0.3, -0.25) is 14.4 Å². The maximum absolute atomic E-state index is 13.4. The van der Waals surface area contributed by atoms with E-state index in [1.807, 2.05) is 69.3 Å². The van der Waals surface area contributed by atoms with E-state index in [1.165, 1.54) is 6.20 Å². The summed E-state index contributed by atoms with van der Waals surface area (Å²) in [5, 5.41) is 2.91. The number of benzene rings is 2. The van der Waals surface area contributed by atoms with Gasteiger partial charge in [-0.05, 0) is 54.3 Å². The molecule has 0 aliphatic heterocycles. The number of amides is 1. The number of nitrogens with one attached hydrogen (secondary N) is 1. The number of Topliss-reactive ketones (excluding diaryl/α,β-unsaturated/α-hetero) is 1. The Bertz CT molecular complexity index is 1530. The molecule has 0 saturated heterocycles. The minimum Gasteiger partial charge on any atom is -0.346 e. The lowest BCUT2D eigenvalue weighted by Crippen LogP contribution is -2.32. The molecule has 1 aliphatic carbocycles. The van der Waals surface area contributed by atoms with Crippen molar-refractivity contribution in [3.8, 4) is 16.8 Å². The molecule has 2 aromatic heterocycles. The molecule has 2 aromatic carbocycles. The fraction of sp³-hybridized carbons (Fsp3) is 0.290. The van der Waals surface area contributed by atoms with Crippen molar-refractivity contribution in [1.82, 2.24) is 14.9 Å². The van der Waals surface area contributed by atoms with Crippen LogP contribution in [0, 0.1) is 5.92 Å². The Kier molecular flexibility index (Phi) is 8.15. The number of pyridine rings is 2. The minimum atomic E-state index is -1.06. The molecular formula is C31H32FN3O3. The van der Waals surface area contributed by atoms with Gasteiger partial charge in [-0.25, -0.2) is 9.37 Å². The first-order valence-corrected chi connectivity index (χ1v) is 13.0. The highest BCUT2D eigenvalue weighted by molar-refractivity contribution is 5.97. The normalized spacial score (nSPS) is 16.8. The molecule has 0 spiro atoms. The number of hydrogen-bond acceptors (Lipinski definition) is 4. The highest BCUT2D eigenvalue weighted by atomic mass is 19.1. The summed E-state index contributed by atoms with van der Waals surface area (Å²) in [5.74, 6) is -0.443. The fourth-order valence-corrected chi connectivity index (χ4v) is 4.24. The molecule has 3 unspecified atom stereocenters. The Hall–Kier alpha value is -4.13. The van der Waals surface area contributed by atoms with E-state index in [0.29, 0.717) is 17.5 Å². The molecule has 1 aliphatic rings. The Morgan fingerprint density at radius 2 is 1.79 bits per heavy atom. The predicted octanol–water partition coefficient (Wildman–Crippen LogP) is 5.69. The number of rotatable bonds is 7. The molecule has 5 rings (SSSR count). The summed E-state index contributed by atoms with van der Waals surface area (Å²) < 4.78 is 15.1. The fourth-order valence-electron chi connectivity index (χ4n) is 4.24. The van der Waals surface area contributed by atoms with Crippen LogP contribution in [0.4, 0.5) is 4.39 Å². The maximum Gasteiger partial charge on any atom is 0.257 e. The number of hydrogen-bond donors (Lipinski definition) is 1. The van der Waals surface area contributed by atoms with Crippen molar-refractivity contribution in [2.75, 3.05) is 0 Å². The molecule has 4 aromatic rings. The quantitative estimate of drug-likeness (QED) is 0.344. The van der Waals surface area contributed by atoms with Gasteiger partial charge >= 0.3 is 0 Å². The molecule has 1 fully saturated rings. The van der Waals surface area contributed by atoms with Crippen LogP contribution in [0.1, 0.15) is 50.0 Å². The molecule has 196 valence electrons. The summed E-state index contributed by atoms with van der Waals surface area (Å²) >= 11 is 0. The highest BCUT2D eigenvalue weighted by Crippen LogP contribution is 2.27. The number of alkyl halides is 1. The van der Waals surface area contributed by atoms with E-state index >= 15 is 0 Å². The molecule has 0 radical (unpaired) electrons. The van der Waals surface area contributed by atoms with Crippen molar-refractivity contribution in [2.45, 2.75) is 52.8 Å². The standard InChI is InChI=1S/C29H26FN3O3.C2H6/c1-17(18(2)34)13-19-8-10-20(11-9-19)21-5-3-6-22(14-21)33-16-24(29(36)32-26-15-25(26)30)27(35)23-7-4-12-31-28(23)33;1-2/h3-12,14,16-17,25-26H,13,15H2,1-2H3,(H,32,36);1-2H3. The number of carbonyl (C=O) groups is 2. The van der Waals surface area contributed by atoms with Crippen LogP contribution in [-0.2, 0) is 11.2 Å².